The number of carbonyl (C=O) groups is 1. The first-order valence-electron chi connectivity index (χ1n) is 6.14. The maximum Gasteiger partial charge on any atom is 0.417 e. The van der Waals surface area contributed by atoms with Crippen molar-refractivity contribution in [3.63, 3.8) is 0 Å². The van der Waals surface area contributed by atoms with Crippen LogP contribution in [-0.2, 0) is 16.9 Å². The molecule has 20 heavy (non-hydrogen) atoms. The largest absolute Gasteiger partial charge is 0.417 e. The Hall–Kier alpha value is -1.24. The normalized spacial score (nSPS) is 12.3. The van der Waals surface area contributed by atoms with Crippen LogP contribution in [0.5, 0.6) is 0 Å². The van der Waals surface area contributed by atoms with Gasteiger partial charge in [0.05, 0.1) is 11.1 Å². The Bertz CT molecular complexity index is 515. The molecule has 0 bridgehead atoms. The average Bonchev–Trinajstić information content (AvgIpc) is 2.33. The third kappa shape index (κ3) is 4.13. The predicted molar refractivity (Wildman–Crippen MR) is 73.6 cm³/mol. The van der Waals surface area contributed by atoms with Crippen molar-refractivity contribution in [2.45, 2.75) is 44.4 Å². The van der Waals surface area contributed by atoms with Crippen molar-refractivity contribution in [2.24, 2.45) is 4.36 Å². The van der Waals surface area contributed by atoms with Gasteiger partial charge in [0.1, 0.15) is 0 Å². The second kappa shape index (κ2) is 6.47. The highest BCUT2D eigenvalue weighted by atomic mass is 32.2. The highest BCUT2D eigenvalue weighted by molar-refractivity contribution is 7.88. The monoisotopic (exact) mass is 306 g/mol. The number of alkyl halides is 3. The summed E-state index contributed by atoms with van der Waals surface area (Å²) in [5, 5.41) is 0.204. The van der Waals surface area contributed by atoms with Crippen molar-refractivity contribution in [2.75, 3.05) is 0 Å². The lowest BCUT2D eigenvalue weighted by Gasteiger charge is -2.16. The van der Waals surface area contributed by atoms with E-state index in [9.17, 15) is 18.0 Å². The van der Waals surface area contributed by atoms with Gasteiger partial charge in [-0.3, -0.25) is 9.78 Å². The lowest BCUT2D eigenvalue weighted by Crippen LogP contribution is -2.19. The van der Waals surface area contributed by atoms with E-state index in [0.29, 0.717) is 0 Å². The smallest absolute Gasteiger partial charge is 0.266 e. The summed E-state index contributed by atoms with van der Waals surface area (Å²) in [7, 11) is -0.613. The van der Waals surface area contributed by atoms with E-state index in [-0.39, 0.29) is 10.5 Å². The average molecular weight is 306 g/mol. The molecule has 0 saturated carbocycles. The van der Waals surface area contributed by atoms with Crippen molar-refractivity contribution in [3.8, 4) is 0 Å². The molecular weight excluding hydrogens is 289 g/mol. The summed E-state index contributed by atoms with van der Waals surface area (Å²) in [5.74, 6) is -0.851. The van der Waals surface area contributed by atoms with E-state index in [4.69, 9.17) is 0 Å². The molecule has 1 heterocycles. The van der Waals surface area contributed by atoms with Gasteiger partial charge in [0.15, 0.2) is 0 Å². The van der Waals surface area contributed by atoms with Crippen LogP contribution in [0.3, 0.4) is 0 Å². The SMILES string of the molecule is CC(C)S(=NC(=O)c1cnccc1C(F)(F)F)C(C)C. The minimum absolute atomic E-state index is 0.102. The van der Waals surface area contributed by atoms with Crippen molar-refractivity contribution in [3.05, 3.63) is 29.6 Å². The third-order valence-corrected chi connectivity index (χ3v) is 4.82. The van der Waals surface area contributed by atoms with Gasteiger partial charge in [0, 0.05) is 22.9 Å². The van der Waals surface area contributed by atoms with Crippen LogP contribution in [0.2, 0.25) is 0 Å². The first-order chi connectivity index (χ1) is 9.14. The lowest BCUT2D eigenvalue weighted by atomic mass is 10.1. The highest BCUT2D eigenvalue weighted by Gasteiger charge is 2.35. The summed E-state index contributed by atoms with van der Waals surface area (Å²) in [6.07, 6.45) is -2.64. The van der Waals surface area contributed by atoms with E-state index >= 15 is 0 Å². The van der Waals surface area contributed by atoms with Crippen molar-refractivity contribution < 1.29 is 18.0 Å². The molecule has 0 radical (unpaired) electrons. The molecule has 3 nitrogen and oxygen atoms in total. The summed E-state index contributed by atoms with van der Waals surface area (Å²) in [4.78, 5) is 15.6. The van der Waals surface area contributed by atoms with Gasteiger partial charge in [-0.25, -0.2) is 0 Å². The molecule has 0 aliphatic rings. The second-order valence-electron chi connectivity index (χ2n) is 4.76. The molecule has 0 spiro atoms. The van der Waals surface area contributed by atoms with Gasteiger partial charge in [-0.15, -0.1) is 0 Å². The predicted octanol–water partition coefficient (Wildman–Crippen LogP) is 3.86. The fourth-order valence-corrected chi connectivity index (χ4v) is 3.51. The maximum atomic E-state index is 12.8. The van der Waals surface area contributed by atoms with E-state index in [1.54, 1.807) is 0 Å². The van der Waals surface area contributed by atoms with Crippen LogP contribution in [0.4, 0.5) is 13.2 Å². The standard InChI is InChI=1S/C13H17F3N2OS/c1-8(2)20(9(3)4)18-12(19)10-7-17-6-5-11(10)13(14,15)16/h5-9H,1-4H3. The Balaban J connectivity index is 3.26. The topological polar surface area (TPSA) is 42.3 Å². The molecule has 0 atom stereocenters. The number of hydrogen-bond donors (Lipinski definition) is 0. The number of halogens is 3. The zero-order valence-electron chi connectivity index (χ0n) is 11.7. The number of hydrogen-bond acceptors (Lipinski definition) is 2. The van der Waals surface area contributed by atoms with Crippen molar-refractivity contribution in [1.29, 1.82) is 0 Å². The van der Waals surface area contributed by atoms with Crippen LogP contribution in [0.25, 0.3) is 0 Å². The van der Waals surface area contributed by atoms with E-state index < -0.39 is 33.9 Å². The quantitative estimate of drug-likeness (QED) is 0.851. The van der Waals surface area contributed by atoms with Gasteiger partial charge in [-0.1, -0.05) is 38.4 Å². The van der Waals surface area contributed by atoms with E-state index in [0.717, 1.165) is 18.5 Å². The highest BCUT2D eigenvalue weighted by Crippen LogP contribution is 2.31. The minimum atomic E-state index is -4.59. The van der Waals surface area contributed by atoms with Crippen LogP contribution in [0, 0.1) is 0 Å². The first-order valence-corrected chi connectivity index (χ1v) is 7.44. The summed E-state index contributed by atoms with van der Waals surface area (Å²) in [5.41, 5.74) is -1.48. The Morgan fingerprint density at radius 3 is 2.25 bits per heavy atom. The second-order valence-corrected chi connectivity index (χ2v) is 7.52. The van der Waals surface area contributed by atoms with Gasteiger partial charge >= 0.3 is 6.18 Å². The Morgan fingerprint density at radius 2 is 1.80 bits per heavy atom. The lowest BCUT2D eigenvalue weighted by molar-refractivity contribution is -0.138. The van der Waals surface area contributed by atoms with Gasteiger partial charge in [0.2, 0.25) is 0 Å². The number of aromatic nitrogens is 1. The minimum Gasteiger partial charge on any atom is -0.266 e. The summed E-state index contributed by atoms with van der Waals surface area (Å²) in [6.45, 7) is 7.59. The zero-order valence-corrected chi connectivity index (χ0v) is 12.5. The molecule has 7 heteroatoms. The molecule has 1 amide bonds. The number of amides is 1. The molecule has 1 aromatic rings. The fourth-order valence-electron chi connectivity index (χ4n) is 1.71. The Labute approximate surface area is 118 Å². The van der Waals surface area contributed by atoms with Crippen LogP contribution in [-0.4, -0.2) is 21.4 Å². The molecule has 112 valence electrons. The van der Waals surface area contributed by atoms with E-state index in [2.05, 4.69) is 9.35 Å². The third-order valence-electron chi connectivity index (χ3n) is 2.51. The van der Waals surface area contributed by atoms with Gasteiger partial charge in [0.25, 0.3) is 5.91 Å². The van der Waals surface area contributed by atoms with Gasteiger partial charge in [-0.2, -0.15) is 17.5 Å². The van der Waals surface area contributed by atoms with Crippen molar-refractivity contribution >= 4 is 16.6 Å². The van der Waals surface area contributed by atoms with Crippen LogP contribution in [0.15, 0.2) is 22.8 Å². The summed E-state index contributed by atoms with van der Waals surface area (Å²) < 4.78 is 42.5. The summed E-state index contributed by atoms with van der Waals surface area (Å²) >= 11 is 0. The fraction of sp³-hybridized carbons (Fsp3) is 0.538. The molecule has 0 fully saturated rings. The Morgan fingerprint density at radius 1 is 1.25 bits per heavy atom. The van der Waals surface area contributed by atoms with Crippen molar-refractivity contribution in [1.82, 2.24) is 4.98 Å². The van der Waals surface area contributed by atoms with Crippen LogP contribution < -0.4 is 0 Å². The number of rotatable bonds is 3. The first kappa shape index (κ1) is 16.8. The molecule has 0 N–H and O–H groups in total. The Kier molecular flexibility index (Phi) is 5.44. The zero-order chi connectivity index (χ0) is 15.5. The number of nitrogens with zero attached hydrogens (tertiary/aromatic N) is 2. The van der Waals surface area contributed by atoms with Gasteiger partial charge in [-0.05, 0) is 6.07 Å². The van der Waals surface area contributed by atoms with Crippen LogP contribution in [0.1, 0.15) is 43.6 Å². The molecule has 1 rings (SSSR count). The maximum absolute atomic E-state index is 12.8. The molecule has 0 saturated heterocycles. The molecular formula is C13H17F3N2OS. The van der Waals surface area contributed by atoms with Gasteiger partial charge < -0.3 is 0 Å². The number of carbonyl (C=O) groups excluding carboxylic acids is 1. The summed E-state index contributed by atoms with van der Waals surface area (Å²) in [6, 6.07) is 0.797. The van der Waals surface area contributed by atoms with Crippen LogP contribution >= 0.6 is 0 Å². The van der Waals surface area contributed by atoms with E-state index in [1.165, 1.54) is 0 Å². The molecule has 0 unspecified atom stereocenters. The number of pyridine rings is 1. The molecule has 0 aromatic carbocycles. The molecule has 1 aromatic heterocycles. The van der Waals surface area contributed by atoms with E-state index in [1.807, 2.05) is 27.7 Å². The molecule has 0 aliphatic carbocycles. The molecule has 0 aliphatic heterocycles.